The van der Waals surface area contributed by atoms with E-state index in [0.717, 1.165) is 21.4 Å². The molecule has 2 aromatic heterocycles. The van der Waals surface area contributed by atoms with E-state index >= 15 is 0 Å². The van der Waals surface area contributed by atoms with Crippen molar-refractivity contribution in [2.75, 3.05) is 5.32 Å². The standard InChI is InChI=1S/C21H16BrN3O/c1-14-8-10-15(11-9-14)19-20(25-12-3-2-7-18(25)23-19)24-21(26)16-5-4-6-17(22)13-16/h2-13H,1H3,(H,24,26). The normalized spacial score (nSPS) is 10.8. The molecule has 26 heavy (non-hydrogen) atoms. The van der Waals surface area contributed by atoms with Gasteiger partial charge < -0.3 is 5.32 Å². The first-order chi connectivity index (χ1) is 12.6. The Morgan fingerprint density at radius 2 is 1.85 bits per heavy atom. The number of fused-ring (bicyclic) bond motifs is 1. The van der Waals surface area contributed by atoms with Gasteiger partial charge in [-0.2, -0.15) is 0 Å². The molecule has 4 aromatic rings. The van der Waals surface area contributed by atoms with Crippen molar-refractivity contribution in [1.82, 2.24) is 9.38 Å². The van der Waals surface area contributed by atoms with Gasteiger partial charge in [0, 0.05) is 21.8 Å². The second-order valence-electron chi connectivity index (χ2n) is 6.07. The third-order valence-electron chi connectivity index (χ3n) is 4.17. The fourth-order valence-corrected chi connectivity index (χ4v) is 3.24. The van der Waals surface area contributed by atoms with Crippen LogP contribution in [0.5, 0.6) is 0 Å². The van der Waals surface area contributed by atoms with Crippen LogP contribution in [0.2, 0.25) is 0 Å². The zero-order valence-electron chi connectivity index (χ0n) is 14.1. The van der Waals surface area contributed by atoms with E-state index < -0.39 is 0 Å². The molecular weight excluding hydrogens is 390 g/mol. The summed E-state index contributed by atoms with van der Waals surface area (Å²) in [6.45, 7) is 2.05. The average Bonchev–Trinajstić information content (AvgIpc) is 3.01. The molecule has 0 aliphatic heterocycles. The number of halogens is 1. The molecule has 4 rings (SSSR count). The lowest BCUT2D eigenvalue weighted by Gasteiger charge is -2.08. The van der Waals surface area contributed by atoms with Crippen LogP contribution in [-0.4, -0.2) is 15.3 Å². The quantitative estimate of drug-likeness (QED) is 0.500. The van der Waals surface area contributed by atoms with E-state index in [4.69, 9.17) is 4.98 Å². The number of carbonyl (C=O) groups is 1. The van der Waals surface area contributed by atoms with Crippen LogP contribution in [0.4, 0.5) is 5.82 Å². The van der Waals surface area contributed by atoms with Gasteiger partial charge in [0.2, 0.25) is 0 Å². The third-order valence-corrected chi connectivity index (χ3v) is 4.67. The van der Waals surface area contributed by atoms with Crippen LogP contribution in [0, 0.1) is 6.92 Å². The molecule has 128 valence electrons. The van der Waals surface area contributed by atoms with E-state index in [-0.39, 0.29) is 5.91 Å². The van der Waals surface area contributed by atoms with Crippen molar-refractivity contribution in [3.8, 4) is 11.3 Å². The Morgan fingerprint density at radius 1 is 1.04 bits per heavy atom. The number of hydrogen-bond acceptors (Lipinski definition) is 2. The van der Waals surface area contributed by atoms with E-state index in [1.54, 1.807) is 12.1 Å². The minimum Gasteiger partial charge on any atom is -0.306 e. The number of pyridine rings is 1. The number of benzene rings is 2. The van der Waals surface area contributed by atoms with Gasteiger partial charge in [-0.1, -0.05) is 57.9 Å². The molecule has 0 spiro atoms. The van der Waals surface area contributed by atoms with Crippen molar-refractivity contribution in [3.05, 3.63) is 88.5 Å². The van der Waals surface area contributed by atoms with E-state index in [9.17, 15) is 4.79 Å². The second-order valence-corrected chi connectivity index (χ2v) is 6.98. The summed E-state index contributed by atoms with van der Waals surface area (Å²) in [5, 5.41) is 3.03. The van der Waals surface area contributed by atoms with Crippen molar-refractivity contribution in [2.45, 2.75) is 6.92 Å². The molecule has 5 heteroatoms. The number of imidazole rings is 1. The average molecular weight is 406 g/mol. The maximum absolute atomic E-state index is 12.8. The molecule has 0 aliphatic carbocycles. The first kappa shape index (κ1) is 16.5. The number of aryl methyl sites for hydroxylation is 1. The summed E-state index contributed by atoms with van der Waals surface area (Å²) in [4.78, 5) is 17.5. The van der Waals surface area contributed by atoms with Crippen LogP contribution in [0.3, 0.4) is 0 Å². The van der Waals surface area contributed by atoms with E-state index in [2.05, 4.69) is 21.2 Å². The smallest absolute Gasteiger partial charge is 0.256 e. The van der Waals surface area contributed by atoms with Crippen LogP contribution in [0.15, 0.2) is 77.4 Å². The van der Waals surface area contributed by atoms with Gasteiger partial charge in [0.15, 0.2) is 0 Å². The fraction of sp³-hybridized carbons (Fsp3) is 0.0476. The Balaban J connectivity index is 1.81. The molecule has 0 fully saturated rings. The topological polar surface area (TPSA) is 46.4 Å². The minimum absolute atomic E-state index is 0.176. The monoisotopic (exact) mass is 405 g/mol. The molecule has 0 bridgehead atoms. The first-order valence-electron chi connectivity index (χ1n) is 8.23. The van der Waals surface area contributed by atoms with Gasteiger partial charge in [-0.25, -0.2) is 4.98 Å². The van der Waals surface area contributed by atoms with Crippen LogP contribution in [-0.2, 0) is 0 Å². The summed E-state index contributed by atoms with van der Waals surface area (Å²) in [5.41, 5.74) is 4.26. The molecule has 4 nitrogen and oxygen atoms in total. The molecular formula is C21H16BrN3O. The zero-order valence-corrected chi connectivity index (χ0v) is 15.7. The Labute approximate surface area is 159 Å². The highest BCUT2D eigenvalue weighted by atomic mass is 79.9. The predicted octanol–water partition coefficient (Wildman–Crippen LogP) is 5.32. The number of carbonyl (C=O) groups excluding carboxylic acids is 1. The van der Waals surface area contributed by atoms with Crippen LogP contribution in [0.25, 0.3) is 16.9 Å². The SMILES string of the molecule is Cc1ccc(-c2nc3ccccn3c2NC(=O)c2cccc(Br)c2)cc1. The van der Waals surface area contributed by atoms with Crippen molar-refractivity contribution in [3.63, 3.8) is 0 Å². The Morgan fingerprint density at radius 3 is 2.62 bits per heavy atom. The number of amides is 1. The van der Waals surface area contributed by atoms with Crippen LogP contribution >= 0.6 is 15.9 Å². The van der Waals surface area contributed by atoms with Gasteiger partial charge in [0.1, 0.15) is 17.2 Å². The highest BCUT2D eigenvalue weighted by Crippen LogP contribution is 2.29. The predicted molar refractivity (Wildman–Crippen MR) is 107 cm³/mol. The lowest BCUT2D eigenvalue weighted by atomic mass is 10.1. The van der Waals surface area contributed by atoms with Gasteiger partial charge in [0.25, 0.3) is 5.91 Å². The fourth-order valence-electron chi connectivity index (χ4n) is 2.84. The summed E-state index contributed by atoms with van der Waals surface area (Å²) in [7, 11) is 0. The van der Waals surface area contributed by atoms with Gasteiger partial charge in [-0.05, 0) is 37.3 Å². The molecule has 1 N–H and O–H groups in total. The van der Waals surface area contributed by atoms with Gasteiger partial charge in [0.05, 0.1) is 0 Å². The van der Waals surface area contributed by atoms with Crippen molar-refractivity contribution in [1.29, 1.82) is 0 Å². The molecule has 0 radical (unpaired) electrons. The summed E-state index contributed by atoms with van der Waals surface area (Å²) in [6, 6.07) is 21.2. The number of aromatic nitrogens is 2. The maximum atomic E-state index is 12.8. The third kappa shape index (κ3) is 3.13. The molecule has 0 saturated heterocycles. The molecule has 0 atom stereocenters. The molecule has 2 aromatic carbocycles. The van der Waals surface area contributed by atoms with Crippen molar-refractivity contribution < 1.29 is 4.79 Å². The van der Waals surface area contributed by atoms with E-state index in [1.165, 1.54) is 5.56 Å². The van der Waals surface area contributed by atoms with Gasteiger partial charge in [-0.3, -0.25) is 9.20 Å². The second kappa shape index (κ2) is 6.77. The van der Waals surface area contributed by atoms with E-state index in [1.807, 2.05) is 72.1 Å². The van der Waals surface area contributed by atoms with Crippen LogP contribution in [0.1, 0.15) is 15.9 Å². The maximum Gasteiger partial charge on any atom is 0.256 e. The van der Waals surface area contributed by atoms with Gasteiger partial charge >= 0.3 is 0 Å². The van der Waals surface area contributed by atoms with Gasteiger partial charge in [-0.15, -0.1) is 0 Å². The van der Waals surface area contributed by atoms with Crippen LogP contribution < -0.4 is 5.32 Å². The summed E-state index contributed by atoms with van der Waals surface area (Å²) >= 11 is 3.41. The van der Waals surface area contributed by atoms with Crippen molar-refractivity contribution in [2.24, 2.45) is 0 Å². The molecule has 0 saturated carbocycles. The van der Waals surface area contributed by atoms with E-state index in [0.29, 0.717) is 11.4 Å². The number of anilines is 1. The van der Waals surface area contributed by atoms with Crippen molar-refractivity contribution >= 4 is 33.3 Å². The number of nitrogens with one attached hydrogen (secondary N) is 1. The molecule has 1 amide bonds. The summed E-state index contributed by atoms with van der Waals surface area (Å²) < 4.78 is 2.76. The Kier molecular flexibility index (Phi) is 4.31. The molecule has 2 heterocycles. The number of hydrogen-bond donors (Lipinski definition) is 1. The lowest BCUT2D eigenvalue weighted by Crippen LogP contribution is -2.14. The number of nitrogens with zero attached hydrogens (tertiary/aromatic N) is 2. The Bertz CT molecular complexity index is 1100. The highest BCUT2D eigenvalue weighted by molar-refractivity contribution is 9.10. The highest BCUT2D eigenvalue weighted by Gasteiger charge is 2.17. The minimum atomic E-state index is -0.176. The summed E-state index contributed by atoms with van der Waals surface area (Å²) in [5.74, 6) is 0.486. The largest absolute Gasteiger partial charge is 0.306 e. The first-order valence-corrected chi connectivity index (χ1v) is 9.02. The summed E-state index contributed by atoms with van der Waals surface area (Å²) in [6.07, 6.45) is 1.90. The lowest BCUT2D eigenvalue weighted by molar-refractivity contribution is 0.102. The molecule has 0 unspecified atom stereocenters. The zero-order chi connectivity index (χ0) is 18.1. The number of rotatable bonds is 3. The molecule has 0 aliphatic rings. The Hall–Kier alpha value is -2.92.